The number of hydrogen-bond acceptors (Lipinski definition) is 2. The molecule has 5 heteroatoms. The van der Waals surface area contributed by atoms with Crippen LogP contribution in [0, 0.1) is 5.41 Å². The number of benzene rings is 1. The Kier molecular flexibility index (Phi) is 4.13. The summed E-state index contributed by atoms with van der Waals surface area (Å²) in [6.45, 7) is 4.05. The molecule has 1 atom stereocenters. The van der Waals surface area contributed by atoms with Crippen LogP contribution in [0.3, 0.4) is 0 Å². The monoisotopic (exact) mass is 304 g/mol. The Labute approximate surface area is 121 Å². The van der Waals surface area contributed by atoms with Crippen molar-refractivity contribution in [1.29, 1.82) is 0 Å². The van der Waals surface area contributed by atoms with Gasteiger partial charge in [-0.15, -0.1) is 0 Å². The van der Waals surface area contributed by atoms with E-state index in [9.17, 15) is 18.3 Å². The minimum absolute atomic E-state index is 0.221. The van der Waals surface area contributed by atoms with Crippen LogP contribution in [0.4, 0.5) is 13.2 Å². The maximum Gasteiger partial charge on any atom is 0.416 e. The molecule has 1 aromatic rings. The van der Waals surface area contributed by atoms with Gasteiger partial charge in [-0.05, 0) is 35.3 Å². The summed E-state index contributed by atoms with van der Waals surface area (Å²) in [5, 5.41) is 10.8. The van der Waals surface area contributed by atoms with Crippen molar-refractivity contribution in [2.45, 2.75) is 38.5 Å². The Morgan fingerprint density at radius 3 is 2.30 bits per heavy atom. The second kappa shape index (κ2) is 5.26. The summed E-state index contributed by atoms with van der Waals surface area (Å²) < 4.78 is 37.6. The SMILES string of the molecule is CC1(C)CCSCC1(O)Cc1ccc(C(F)(F)F)cc1. The molecule has 1 unspecified atom stereocenters. The first-order valence-corrected chi connectivity index (χ1v) is 7.76. The molecule has 1 aromatic carbocycles. The van der Waals surface area contributed by atoms with Gasteiger partial charge < -0.3 is 5.11 Å². The van der Waals surface area contributed by atoms with Gasteiger partial charge >= 0.3 is 6.18 Å². The molecular weight excluding hydrogens is 285 g/mol. The lowest BCUT2D eigenvalue weighted by atomic mass is 9.70. The Morgan fingerprint density at radius 1 is 1.20 bits per heavy atom. The maximum absolute atomic E-state index is 12.5. The molecule has 1 saturated heterocycles. The summed E-state index contributed by atoms with van der Waals surface area (Å²) in [6.07, 6.45) is -3.00. The molecule has 1 heterocycles. The molecule has 0 radical (unpaired) electrons. The zero-order valence-electron chi connectivity index (χ0n) is 11.6. The van der Waals surface area contributed by atoms with E-state index < -0.39 is 17.3 Å². The molecule has 0 aliphatic carbocycles. The molecule has 0 aromatic heterocycles. The highest BCUT2D eigenvalue weighted by molar-refractivity contribution is 7.99. The summed E-state index contributed by atoms with van der Waals surface area (Å²) in [5.74, 6) is 1.64. The Morgan fingerprint density at radius 2 is 1.80 bits per heavy atom. The molecule has 2 rings (SSSR count). The van der Waals surface area contributed by atoms with Gasteiger partial charge in [-0.3, -0.25) is 0 Å². The third-order valence-corrected chi connectivity index (χ3v) is 5.42. The molecule has 0 saturated carbocycles. The summed E-state index contributed by atoms with van der Waals surface area (Å²) in [5.41, 5.74) is -0.988. The van der Waals surface area contributed by atoms with Crippen molar-refractivity contribution in [1.82, 2.24) is 0 Å². The molecule has 0 bridgehead atoms. The van der Waals surface area contributed by atoms with E-state index in [1.165, 1.54) is 12.1 Å². The highest BCUT2D eigenvalue weighted by atomic mass is 32.2. The third kappa shape index (κ3) is 3.14. The number of aliphatic hydroxyl groups is 1. The first-order valence-electron chi connectivity index (χ1n) is 6.60. The fourth-order valence-corrected chi connectivity index (χ4v) is 4.07. The van der Waals surface area contributed by atoms with Crippen LogP contribution in [0.25, 0.3) is 0 Å². The molecular formula is C15H19F3OS. The maximum atomic E-state index is 12.5. The lowest BCUT2D eigenvalue weighted by molar-refractivity contribution is -0.137. The zero-order valence-corrected chi connectivity index (χ0v) is 12.4. The van der Waals surface area contributed by atoms with Gasteiger partial charge in [0.2, 0.25) is 0 Å². The number of rotatable bonds is 2. The van der Waals surface area contributed by atoms with Crippen molar-refractivity contribution < 1.29 is 18.3 Å². The topological polar surface area (TPSA) is 20.2 Å². The standard InChI is InChI=1S/C15H19F3OS/c1-13(2)7-8-20-10-14(13,19)9-11-3-5-12(6-4-11)15(16,17)18/h3-6,19H,7-10H2,1-2H3. The van der Waals surface area contributed by atoms with Gasteiger partial charge in [0.1, 0.15) is 0 Å². The molecule has 1 nitrogen and oxygen atoms in total. The van der Waals surface area contributed by atoms with Crippen molar-refractivity contribution in [3.05, 3.63) is 35.4 Å². The summed E-state index contributed by atoms with van der Waals surface area (Å²) in [4.78, 5) is 0. The van der Waals surface area contributed by atoms with E-state index >= 15 is 0 Å². The number of hydrogen-bond donors (Lipinski definition) is 1. The van der Waals surface area contributed by atoms with Crippen LogP contribution in [-0.4, -0.2) is 22.2 Å². The number of alkyl halides is 3. The van der Waals surface area contributed by atoms with Crippen LogP contribution in [0.1, 0.15) is 31.4 Å². The number of halogens is 3. The van der Waals surface area contributed by atoms with Crippen LogP contribution in [-0.2, 0) is 12.6 Å². The van der Waals surface area contributed by atoms with Gasteiger partial charge in [-0.1, -0.05) is 26.0 Å². The average Bonchev–Trinajstić information content (AvgIpc) is 2.33. The fourth-order valence-electron chi connectivity index (χ4n) is 2.44. The fraction of sp³-hybridized carbons (Fsp3) is 0.600. The van der Waals surface area contributed by atoms with Crippen molar-refractivity contribution in [3.63, 3.8) is 0 Å². The average molecular weight is 304 g/mol. The van der Waals surface area contributed by atoms with Gasteiger partial charge in [0.15, 0.2) is 0 Å². The molecule has 1 fully saturated rings. The predicted molar refractivity (Wildman–Crippen MR) is 75.8 cm³/mol. The van der Waals surface area contributed by atoms with Crippen molar-refractivity contribution in [2.24, 2.45) is 5.41 Å². The van der Waals surface area contributed by atoms with Crippen LogP contribution in [0.15, 0.2) is 24.3 Å². The Balaban J connectivity index is 2.17. The van der Waals surface area contributed by atoms with E-state index in [-0.39, 0.29) is 5.41 Å². The van der Waals surface area contributed by atoms with Gasteiger partial charge in [0.05, 0.1) is 11.2 Å². The number of thioether (sulfide) groups is 1. The summed E-state index contributed by atoms with van der Waals surface area (Å²) in [6, 6.07) is 5.11. The lowest BCUT2D eigenvalue weighted by Gasteiger charge is -2.46. The van der Waals surface area contributed by atoms with Gasteiger partial charge in [-0.2, -0.15) is 24.9 Å². The molecule has 112 valence electrons. The predicted octanol–water partition coefficient (Wildman–Crippen LogP) is 4.14. The largest absolute Gasteiger partial charge is 0.416 e. The lowest BCUT2D eigenvalue weighted by Crippen LogP contribution is -2.51. The Bertz CT molecular complexity index is 467. The van der Waals surface area contributed by atoms with E-state index in [0.29, 0.717) is 12.2 Å². The Hall–Kier alpha value is -0.680. The molecule has 1 aliphatic rings. The van der Waals surface area contributed by atoms with Gasteiger partial charge in [0, 0.05) is 12.2 Å². The molecule has 1 aliphatic heterocycles. The van der Waals surface area contributed by atoms with E-state index in [4.69, 9.17) is 0 Å². The molecule has 1 N–H and O–H groups in total. The van der Waals surface area contributed by atoms with Crippen LogP contribution < -0.4 is 0 Å². The van der Waals surface area contributed by atoms with Gasteiger partial charge in [-0.25, -0.2) is 0 Å². The smallest absolute Gasteiger partial charge is 0.388 e. The van der Waals surface area contributed by atoms with E-state index in [2.05, 4.69) is 0 Å². The first kappa shape index (κ1) is 15.7. The minimum atomic E-state index is -4.31. The van der Waals surface area contributed by atoms with Crippen molar-refractivity contribution in [2.75, 3.05) is 11.5 Å². The van der Waals surface area contributed by atoms with E-state index in [0.717, 1.165) is 29.9 Å². The second-order valence-corrected chi connectivity index (χ2v) is 7.19. The van der Waals surface area contributed by atoms with Crippen LogP contribution in [0.5, 0.6) is 0 Å². The highest BCUT2D eigenvalue weighted by Gasteiger charge is 2.45. The summed E-state index contributed by atoms with van der Waals surface area (Å²) >= 11 is 1.70. The molecule has 20 heavy (non-hydrogen) atoms. The van der Waals surface area contributed by atoms with Crippen molar-refractivity contribution in [3.8, 4) is 0 Å². The summed E-state index contributed by atoms with van der Waals surface area (Å²) in [7, 11) is 0. The molecule has 0 spiro atoms. The first-order chi connectivity index (χ1) is 9.14. The second-order valence-electron chi connectivity index (χ2n) is 6.09. The minimum Gasteiger partial charge on any atom is -0.388 e. The normalized spacial score (nSPS) is 26.5. The zero-order chi connectivity index (χ0) is 15.0. The quantitative estimate of drug-likeness (QED) is 0.886. The van der Waals surface area contributed by atoms with E-state index in [1.54, 1.807) is 11.8 Å². The third-order valence-electron chi connectivity index (χ3n) is 4.25. The highest BCUT2D eigenvalue weighted by Crippen LogP contribution is 2.44. The van der Waals surface area contributed by atoms with Gasteiger partial charge in [0.25, 0.3) is 0 Å². The van der Waals surface area contributed by atoms with E-state index in [1.807, 2.05) is 13.8 Å². The van der Waals surface area contributed by atoms with Crippen LogP contribution >= 0.6 is 11.8 Å². The van der Waals surface area contributed by atoms with Crippen LogP contribution in [0.2, 0.25) is 0 Å². The molecule has 0 amide bonds. The van der Waals surface area contributed by atoms with Crippen molar-refractivity contribution >= 4 is 11.8 Å².